The van der Waals surface area contributed by atoms with Crippen molar-refractivity contribution in [2.45, 2.75) is 24.5 Å². The maximum absolute atomic E-state index is 13.6. The lowest BCUT2D eigenvalue weighted by Crippen LogP contribution is -2.44. The van der Waals surface area contributed by atoms with Crippen LogP contribution < -0.4 is 4.90 Å². The van der Waals surface area contributed by atoms with Crippen molar-refractivity contribution in [3.63, 3.8) is 0 Å². The van der Waals surface area contributed by atoms with E-state index in [0.717, 1.165) is 21.7 Å². The topological polar surface area (TPSA) is 98.0 Å². The second-order valence-corrected chi connectivity index (χ2v) is 9.87. The summed E-state index contributed by atoms with van der Waals surface area (Å²) >= 11 is 12.5. The van der Waals surface area contributed by atoms with E-state index in [9.17, 15) is 14.4 Å². The van der Waals surface area contributed by atoms with E-state index in [1.807, 2.05) is 60.7 Å². The van der Waals surface area contributed by atoms with E-state index in [1.165, 1.54) is 10.0 Å². The summed E-state index contributed by atoms with van der Waals surface area (Å²) in [5, 5.41) is 15.7. The molecule has 3 amide bonds. The van der Waals surface area contributed by atoms with Gasteiger partial charge in [0.2, 0.25) is 0 Å². The Hall–Kier alpha value is -4.08. The lowest BCUT2D eigenvalue weighted by molar-refractivity contribution is -0.135. The first kappa shape index (κ1) is 24.3. The Labute approximate surface area is 227 Å². The molecule has 11 heteroatoms. The molecule has 3 aliphatic heterocycles. The average Bonchev–Trinajstić information content (AvgIpc) is 3.62. The van der Waals surface area contributed by atoms with Gasteiger partial charge >= 0.3 is 0 Å². The Morgan fingerprint density at radius 1 is 0.868 bits per heavy atom. The van der Waals surface area contributed by atoms with E-state index in [1.54, 1.807) is 18.2 Å². The van der Waals surface area contributed by atoms with Gasteiger partial charge in [-0.3, -0.25) is 19.4 Å². The molecule has 0 radical (unpaired) electrons. The van der Waals surface area contributed by atoms with Crippen molar-refractivity contribution in [1.82, 2.24) is 10.0 Å². The SMILES string of the molecule is O=C1[C@@H]2N=NN(CC(=O)N3N=C(c4ccccc4)C[C@@H]3c3ccccc3)[C@H]2C(=O)N1c1c(Cl)cccc1Cl. The molecule has 0 aliphatic carbocycles. The number of carbonyl (C=O) groups is 3. The second kappa shape index (κ2) is 9.66. The zero-order valence-corrected chi connectivity index (χ0v) is 21.3. The van der Waals surface area contributed by atoms with Crippen molar-refractivity contribution in [2.75, 3.05) is 11.4 Å². The van der Waals surface area contributed by atoms with Crippen LogP contribution >= 0.6 is 23.2 Å². The minimum Gasteiger partial charge on any atom is -0.271 e. The van der Waals surface area contributed by atoms with Crippen molar-refractivity contribution in [2.24, 2.45) is 15.4 Å². The first-order valence-corrected chi connectivity index (χ1v) is 12.7. The van der Waals surface area contributed by atoms with Gasteiger partial charge in [0, 0.05) is 6.42 Å². The van der Waals surface area contributed by atoms with E-state index in [-0.39, 0.29) is 34.2 Å². The highest BCUT2D eigenvalue weighted by Crippen LogP contribution is 2.40. The number of carbonyl (C=O) groups excluding carboxylic acids is 3. The molecule has 0 bridgehead atoms. The van der Waals surface area contributed by atoms with Gasteiger partial charge in [-0.25, -0.2) is 9.91 Å². The van der Waals surface area contributed by atoms with Gasteiger partial charge in [0.25, 0.3) is 17.7 Å². The molecular formula is C27H20Cl2N6O3. The molecule has 0 aromatic heterocycles. The molecular weight excluding hydrogens is 527 g/mol. The number of anilines is 1. The largest absolute Gasteiger partial charge is 0.271 e. The molecule has 9 nitrogen and oxygen atoms in total. The van der Waals surface area contributed by atoms with Crippen LogP contribution in [0.1, 0.15) is 23.6 Å². The zero-order chi connectivity index (χ0) is 26.4. The fourth-order valence-electron chi connectivity index (χ4n) is 4.97. The first-order chi connectivity index (χ1) is 18.4. The molecule has 3 atom stereocenters. The molecule has 1 fully saturated rings. The van der Waals surface area contributed by atoms with Gasteiger partial charge in [0.15, 0.2) is 12.1 Å². The van der Waals surface area contributed by atoms with E-state index >= 15 is 0 Å². The van der Waals surface area contributed by atoms with Gasteiger partial charge in [-0.2, -0.15) is 10.2 Å². The third kappa shape index (κ3) is 4.04. The van der Waals surface area contributed by atoms with Gasteiger partial charge in [-0.1, -0.05) is 95.2 Å². The number of fused-ring (bicyclic) bond motifs is 1. The van der Waals surface area contributed by atoms with Crippen LogP contribution in [0.5, 0.6) is 0 Å². The summed E-state index contributed by atoms with van der Waals surface area (Å²) in [6, 6.07) is 21.5. The van der Waals surface area contributed by atoms with Crippen molar-refractivity contribution >= 4 is 52.3 Å². The minimum atomic E-state index is -1.09. The predicted molar refractivity (Wildman–Crippen MR) is 142 cm³/mol. The van der Waals surface area contributed by atoms with Crippen LogP contribution in [0.25, 0.3) is 0 Å². The lowest BCUT2D eigenvalue weighted by Gasteiger charge is -2.25. The maximum Gasteiger partial charge on any atom is 0.264 e. The standard InChI is InChI=1S/C27H20Cl2N6O3/c28-18-12-7-13-19(29)24(18)34-26(37)23-25(27(34)38)33(32-30-23)15-22(36)35-21(17-10-5-2-6-11-17)14-20(31-35)16-8-3-1-4-9-16/h1-13,21,23,25H,14-15H2/t21-,23-,25-/m1/s1. The Balaban J connectivity index is 1.27. The van der Waals surface area contributed by atoms with Crippen LogP contribution in [0.3, 0.4) is 0 Å². The highest BCUT2D eigenvalue weighted by molar-refractivity contribution is 6.42. The van der Waals surface area contributed by atoms with Crippen molar-refractivity contribution < 1.29 is 14.4 Å². The van der Waals surface area contributed by atoms with Crippen LogP contribution in [0.15, 0.2) is 94.3 Å². The van der Waals surface area contributed by atoms with Gasteiger partial charge in [0.1, 0.15) is 6.54 Å². The molecule has 0 saturated carbocycles. The number of imide groups is 1. The summed E-state index contributed by atoms with van der Waals surface area (Å²) in [7, 11) is 0. The quantitative estimate of drug-likeness (QED) is 0.434. The Morgan fingerprint density at radius 3 is 2.21 bits per heavy atom. The number of hydrogen-bond donors (Lipinski definition) is 0. The monoisotopic (exact) mass is 546 g/mol. The third-order valence-electron chi connectivity index (χ3n) is 6.77. The Morgan fingerprint density at radius 2 is 1.53 bits per heavy atom. The molecule has 0 unspecified atom stereocenters. The summed E-state index contributed by atoms with van der Waals surface area (Å²) in [5.41, 5.74) is 2.74. The summed E-state index contributed by atoms with van der Waals surface area (Å²) in [6.45, 7) is -0.289. The maximum atomic E-state index is 13.6. The van der Waals surface area contributed by atoms with Crippen LogP contribution in [0, 0.1) is 0 Å². The number of hydrogen-bond acceptors (Lipinski definition) is 7. The van der Waals surface area contributed by atoms with E-state index in [4.69, 9.17) is 23.2 Å². The third-order valence-corrected chi connectivity index (χ3v) is 7.38. The number of rotatable bonds is 5. The van der Waals surface area contributed by atoms with E-state index in [2.05, 4.69) is 15.4 Å². The van der Waals surface area contributed by atoms with Crippen LogP contribution in [-0.4, -0.2) is 52.1 Å². The zero-order valence-electron chi connectivity index (χ0n) is 19.8. The number of halogens is 2. The second-order valence-electron chi connectivity index (χ2n) is 9.06. The van der Waals surface area contributed by atoms with E-state index in [0.29, 0.717) is 6.42 Å². The van der Waals surface area contributed by atoms with Gasteiger partial charge in [0.05, 0.1) is 27.5 Å². The normalized spacial score (nSPS) is 22.3. The number of benzene rings is 3. The van der Waals surface area contributed by atoms with Gasteiger partial charge in [-0.15, -0.1) is 0 Å². The first-order valence-electron chi connectivity index (χ1n) is 11.9. The molecule has 3 heterocycles. The van der Waals surface area contributed by atoms with Crippen LogP contribution in [-0.2, 0) is 14.4 Å². The summed E-state index contributed by atoms with van der Waals surface area (Å²) in [6.07, 6.45) is 0.531. The molecule has 38 heavy (non-hydrogen) atoms. The molecule has 1 saturated heterocycles. The van der Waals surface area contributed by atoms with Crippen molar-refractivity contribution in [3.05, 3.63) is 100 Å². The minimum absolute atomic E-state index is 0.0995. The van der Waals surface area contributed by atoms with Gasteiger partial charge in [-0.05, 0) is 23.3 Å². The number of para-hydroxylation sites is 1. The number of nitrogens with zero attached hydrogens (tertiary/aromatic N) is 6. The summed E-state index contributed by atoms with van der Waals surface area (Å²) in [5.74, 6) is -1.57. The van der Waals surface area contributed by atoms with E-state index < -0.39 is 23.9 Å². The molecule has 6 rings (SSSR count). The van der Waals surface area contributed by atoms with Crippen molar-refractivity contribution in [1.29, 1.82) is 0 Å². The molecule has 3 aromatic carbocycles. The highest BCUT2D eigenvalue weighted by atomic mass is 35.5. The van der Waals surface area contributed by atoms with Crippen molar-refractivity contribution in [3.8, 4) is 0 Å². The Bertz CT molecular complexity index is 1480. The van der Waals surface area contributed by atoms with Gasteiger partial charge < -0.3 is 0 Å². The average molecular weight is 547 g/mol. The van der Waals surface area contributed by atoms with Crippen LogP contribution in [0.2, 0.25) is 10.0 Å². The molecule has 3 aliphatic rings. The molecule has 0 N–H and O–H groups in total. The smallest absolute Gasteiger partial charge is 0.264 e. The predicted octanol–water partition coefficient (Wildman–Crippen LogP) is 4.66. The Kier molecular flexibility index (Phi) is 6.17. The highest BCUT2D eigenvalue weighted by Gasteiger charge is 2.56. The summed E-state index contributed by atoms with van der Waals surface area (Å²) in [4.78, 5) is 41.1. The number of hydrazone groups is 1. The fourth-order valence-corrected chi connectivity index (χ4v) is 5.53. The molecule has 190 valence electrons. The molecule has 3 aromatic rings. The molecule has 0 spiro atoms. The van der Waals surface area contributed by atoms with Crippen LogP contribution in [0.4, 0.5) is 5.69 Å². The fraction of sp³-hybridized carbons (Fsp3) is 0.185. The number of amides is 3. The summed E-state index contributed by atoms with van der Waals surface area (Å²) < 4.78 is 0. The lowest BCUT2D eigenvalue weighted by atomic mass is 9.98.